The Balaban J connectivity index is 2.13. The number of hydrogen-bond donors (Lipinski definition) is 1. The van der Waals surface area contributed by atoms with Crippen molar-refractivity contribution in [1.29, 1.82) is 0 Å². The van der Waals surface area contributed by atoms with Crippen molar-refractivity contribution in [2.24, 2.45) is 0 Å². The zero-order valence-electron chi connectivity index (χ0n) is 15.5. The van der Waals surface area contributed by atoms with Crippen molar-refractivity contribution in [3.05, 3.63) is 29.8 Å². The molecule has 0 aliphatic heterocycles. The van der Waals surface area contributed by atoms with Crippen molar-refractivity contribution < 1.29 is 13.2 Å². The lowest BCUT2D eigenvalue weighted by Gasteiger charge is -2.22. The Hall–Kier alpha value is -1.40. The summed E-state index contributed by atoms with van der Waals surface area (Å²) in [5, 5.41) is 3.09. The third-order valence-electron chi connectivity index (χ3n) is 4.94. The lowest BCUT2D eigenvalue weighted by atomic mass is 9.96. The number of amides is 1. The van der Waals surface area contributed by atoms with Crippen molar-refractivity contribution >= 4 is 15.9 Å². The van der Waals surface area contributed by atoms with E-state index in [4.69, 9.17) is 0 Å². The average Bonchev–Trinajstić information content (AvgIpc) is 2.56. The first kappa shape index (κ1) is 19.9. The van der Waals surface area contributed by atoms with Crippen LogP contribution in [0.3, 0.4) is 0 Å². The molecule has 0 bridgehead atoms. The molecule has 1 fully saturated rings. The first-order valence-corrected chi connectivity index (χ1v) is 10.7. The van der Waals surface area contributed by atoms with Gasteiger partial charge in [0.25, 0.3) is 5.91 Å². The van der Waals surface area contributed by atoms with Gasteiger partial charge in [-0.05, 0) is 44.9 Å². The van der Waals surface area contributed by atoms with E-state index >= 15 is 0 Å². The molecule has 1 aromatic carbocycles. The molecule has 1 aliphatic rings. The number of hydrogen-bond acceptors (Lipinski definition) is 3. The van der Waals surface area contributed by atoms with E-state index in [-0.39, 0.29) is 22.9 Å². The maximum absolute atomic E-state index is 12.6. The van der Waals surface area contributed by atoms with Gasteiger partial charge in [0.2, 0.25) is 10.0 Å². The number of nitrogens with one attached hydrogen (secondary N) is 1. The maximum atomic E-state index is 12.6. The van der Waals surface area contributed by atoms with E-state index in [9.17, 15) is 13.2 Å². The molecule has 0 saturated heterocycles. The molecule has 1 aromatic rings. The minimum absolute atomic E-state index is 0.141. The summed E-state index contributed by atoms with van der Waals surface area (Å²) in [6, 6.07) is 6.37. The Morgan fingerprint density at radius 2 is 1.72 bits per heavy atom. The van der Waals surface area contributed by atoms with Crippen LogP contribution in [0.4, 0.5) is 0 Å². The van der Waals surface area contributed by atoms with Gasteiger partial charge in [0.15, 0.2) is 0 Å². The standard InChI is InChI=1S/C19H30N2O3S/c1-15(2)21(3)25(23,24)18-13-9-10-16(14-18)19(22)20-17-11-7-5-4-6-8-12-17/h9-10,13-15,17H,4-8,11-12H2,1-3H3,(H,20,22). The SMILES string of the molecule is CC(C)N(C)S(=O)(=O)c1cccc(C(=O)NC2CCCCCCC2)c1. The summed E-state index contributed by atoms with van der Waals surface area (Å²) < 4.78 is 26.6. The van der Waals surface area contributed by atoms with E-state index < -0.39 is 10.0 Å². The second kappa shape index (κ2) is 8.81. The summed E-state index contributed by atoms with van der Waals surface area (Å²) in [7, 11) is -2.03. The summed E-state index contributed by atoms with van der Waals surface area (Å²) >= 11 is 0. The van der Waals surface area contributed by atoms with Gasteiger partial charge in [-0.15, -0.1) is 0 Å². The third kappa shape index (κ3) is 5.28. The van der Waals surface area contributed by atoms with Crippen molar-refractivity contribution in [3.8, 4) is 0 Å². The normalized spacial score (nSPS) is 17.3. The van der Waals surface area contributed by atoms with Crippen LogP contribution in [0.25, 0.3) is 0 Å². The molecule has 6 heteroatoms. The van der Waals surface area contributed by atoms with Crippen molar-refractivity contribution in [2.75, 3.05) is 7.05 Å². The first-order valence-electron chi connectivity index (χ1n) is 9.21. The lowest BCUT2D eigenvalue weighted by Crippen LogP contribution is -2.36. The molecule has 0 unspecified atom stereocenters. The maximum Gasteiger partial charge on any atom is 0.251 e. The minimum Gasteiger partial charge on any atom is -0.349 e. The van der Waals surface area contributed by atoms with Gasteiger partial charge < -0.3 is 5.32 Å². The lowest BCUT2D eigenvalue weighted by molar-refractivity contribution is 0.0930. The van der Waals surface area contributed by atoms with Crippen molar-refractivity contribution in [3.63, 3.8) is 0 Å². The van der Waals surface area contributed by atoms with Gasteiger partial charge in [-0.1, -0.05) is 38.2 Å². The highest BCUT2D eigenvalue weighted by Gasteiger charge is 2.24. The number of benzene rings is 1. The summed E-state index contributed by atoms with van der Waals surface area (Å²) in [5.74, 6) is -0.185. The molecule has 0 spiro atoms. The minimum atomic E-state index is -3.58. The molecule has 0 heterocycles. The molecular weight excluding hydrogens is 336 g/mol. The van der Waals surface area contributed by atoms with E-state index in [0.29, 0.717) is 5.56 Å². The zero-order chi connectivity index (χ0) is 18.4. The topological polar surface area (TPSA) is 66.5 Å². The largest absolute Gasteiger partial charge is 0.349 e. The smallest absolute Gasteiger partial charge is 0.251 e. The summed E-state index contributed by atoms with van der Waals surface area (Å²) in [5.41, 5.74) is 0.403. The highest BCUT2D eigenvalue weighted by Crippen LogP contribution is 2.20. The van der Waals surface area contributed by atoms with E-state index in [1.54, 1.807) is 25.2 Å². The van der Waals surface area contributed by atoms with Crippen LogP contribution in [0.2, 0.25) is 0 Å². The molecule has 1 N–H and O–H groups in total. The van der Waals surface area contributed by atoms with Crippen LogP contribution in [-0.2, 0) is 10.0 Å². The van der Waals surface area contributed by atoms with Crippen molar-refractivity contribution in [1.82, 2.24) is 9.62 Å². The van der Waals surface area contributed by atoms with Crippen molar-refractivity contribution in [2.45, 2.75) is 75.8 Å². The van der Waals surface area contributed by atoms with Gasteiger partial charge in [-0.25, -0.2) is 8.42 Å². The number of sulfonamides is 1. The fraction of sp³-hybridized carbons (Fsp3) is 0.632. The van der Waals surface area contributed by atoms with Crippen LogP contribution >= 0.6 is 0 Å². The van der Waals surface area contributed by atoms with Gasteiger partial charge in [0.05, 0.1) is 4.90 Å². The molecule has 0 aromatic heterocycles. The number of carbonyl (C=O) groups is 1. The highest BCUT2D eigenvalue weighted by molar-refractivity contribution is 7.89. The van der Waals surface area contributed by atoms with Crippen LogP contribution in [0.5, 0.6) is 0 Å². The van der Waals surface area contributed by atoms with E-state index in [1.165, 1.54) is 29.6 Å². The fourth-order valence-electron chi connectivity index (χ4n) is 3.11. The Bertz CT molecular complexity index is 678. The second-order valence-corrected chi connectivity index (χ2v) is 9.16. The Kier molecular flexibility index (Phi) is 7.02. The predicted octanol–water partition coefficient (Wildman–Crippen LogP) is 3.56. The zero-order valence-corrected chi connectivity index (χ0v) is 16.3. The van der Waals surface area contributed by atoms with E-state index in [1.807, 2.05) is 13.8 Å². The van der Waals surface area contributed by atoms with Crippen LogP contribution in [0, 0.1) is 0 Å². The molecule has 140 valence electrons. The molecule has 0 atom stereocenters. The quantitative estimate of drug-likeness (QED) is 0.866. The fourth-order valence-corrected chi connectivity index (χ4v) is 4.52. The molecular formula is C19H30N2O3S. The number of carbonyl (C=O) groups excluding carboxylic acids is 1. The van der Waals surface area contributed by atoms with Crippen LogP contribution in [0.1, 0.15) is 69.2 Å². The van der Waals surface area contributed by atoms with E-state index in [2.05, 4.69) is 5.32 Å². The molecule has 2 rings (SSSR count). The van der Waals surface area contributed by atoms with Gasteiger partial charge in [-0.3, -0.25) is 4.79 Å². The molecule has 1 aliphatic carbocycles. The summed E-state index contributed by atoms with van der Waals surface area (Å²) in [6.45, 7) is 3.64. The predicted molar refractivity (Wildman–Crippen MR) is 100 cm³/mol. The van der Waals surface area contributed by atoms with Gasteiger partial charge >= 0.3 is 0 Å². The van der Waals surface area contributed by atoms with E-state index in [0.717, 1.165) is 25.7 Å². The summed E-state index contributed by atoms with van der Waals surface area (Å²) in [4.78, 5) is 12.7. The molecule has 25 heavy (non-hydrogen) atoms. The van der Waals surface area contributed by atoms with Crippen LogP contribution in [-0.4, -0.2) is 37.8 Å². The highest BCUT2D eigenvalue weighted by atomic mass is 32.2. The Morgan fingerprint density at radius 3 is 2.32 bits per heavy atom. The summed E-state index contributed by atoms with van der Waals surface area (Å²) in [6.07, 6.45) is 8.00. The number of nitrogens with zero attached hydrogens (tertiary/aromatic N) is 1. The molecule has 1 saturated carbocycles. The molecule has 5 nitrogen and oxygen atoms in total. The Morgan fingerprint density at radius 1 is 1.12 bits per heavy atom. The van der Waals surface area contributed by atoms with Gasteiger partial charge in [0, 0.05) is 24.7 Å². The number of rotatable bonds is 5. The first-order chi connectivity index (χ1) is 11.8. The van der Waals surface area contributed by atoms with Crippen LogP contribution < -0.4 is 5.32 Å². The third-order valence-corrected chi connectivity index (χ3v) is 6.97. The molecule has 1 amide bonds. The molecule has 0 radical (unpaired) electrons. The van der Waals surface area contributed by atoms with Crippen LogP contribution in [0.15, 0.2) is 29.2 Å². The monoisotopic (exact) mass is 366 g/mol. The average molecular weight is 367 g/mol. The second-order valence-electron chi connectivity index (χ2n) is 7.16. The van der Waals surface area contributed by atoms with Gasteiger partial charge in [0.1, 0.15) is 0 Å². The van der Waals surface area contributed by atoms with Gasteiger partial charge in [-0.2, -0.15) is 4.31 Å². The Labute approximate surface area is 151 Å².